The Morgan fingerprint density at radius 3 is 3.12 bits per heavy atom. The molecule has 0 aliphatic carbocycles. The summed E-state index contributed by atoms with van der Waals surface area (Å²) in [6.07, 6.45) is 4.05. The number of aromatic nitrogens is 1. The fourth-order valence-electron chi connectivity index (χ4n) is 4.10. The van der Waals surface area contributed by atoms with Gasteiger partial charge < -0.3 is 24.3 Å². The number of carbonyl (C=O) groups is 1. The summed E-state index contributed by atoms with van der Waals surface area (Å²) in [5.41, 5.74) is 1.39. The maximum Gasteiger partial charge on any atom is 0.254 e. The molecule has 0 radical (unpaired) electrons. The Bertz CT molecular complexity index is 787. The van der Waals surface area contributed by atoms with Crippen LogP contribution >= 0.6 is 0 Å². The van der Waals surface area contributed by atoms with Crippen LogP contribution in [-0.2, 0) is 9.47 Å². The predicted octanol–water partition coefficient (Wildman–Crippen LogP) is 2.12. The number of nitrogens with zero attached hydrogens (tertiary/aromatic N) is 2. The SMILES string of the molecule is CN(C)C[C@H]1CC[C@@]2(COCCN(C(=O)c3ccc4[nH]ccc4c3)C2)O1. The number of hydrogen-bond donors (Lipinski definition) is 1. The minimum atomic E-state index is -0.370. The highest BCUT2D eigenvalue weighted by Crippen LogP contribution is 2.33. The van der Waals surface area contributed by atoms with Crippen LogP contribution in [0.5, 0.6) is 0 Å². The van der Waals surface area contributed by atoms with Crippen LogP contribution in [0.3, 0.4) is 0 Å². The van der Waals surface area contributed by atoms with Gasteiger partial charge in [0.15, 0.2) is 0 Å². The molecule has 6 nitrogen and oxygen atoms in total. The van der Waals surface area contributed by atoms with Gasteiger partial charge in [0, 0.05) is 35.8 Å². The van der Waals surface area contributed by atoms with E-state index in [9.17, 15) is 4.79 Å². The summed E-state index contributed by atoms with van der Waals surface area (Å²) in [4.78, 5) is 20.3. The zero-order valence-corrected chi connectivity index (χ0v) is 15.5. The van der Waals surface area contributed by atoms with Gasteiger partial charge in [0.2, 0.25) is 0 Å². The zero-order chi connectivity index (χ0) is 18.1. The van der Waals surface area contributed by atoms with E-state index in [2.05, 4.69) is 24.0 Å². The van der Waals surface area contributed by atoms with Gasteiger partial charge in [-0.25, -0.2) is 0 Å². The Labute approximate surface area is 154 Å². The summed E-state index contributed by atoms with van der Waals surface area (Å²) >= 11 is 0. The van der Waals surface area contributed by atoms with Gasteiger partial charge in [-0.05, 0) is 51.2 Å². The van der Waals surface area contributed by atoms with Crippen molar-refractivity contribution in [1.82, 2.24) is 14.8 Å². The third-order valence-corrected chi connectivity index (χ3v) is 5.34. The topological polar surface area (TPSA) is 57.8 Å². The summed E-state index contributed by atoms with van der Waals surface area (Å²) in [6, 6.07) is 7.80. The average molecular weight is 357 g/mol. The molecular weight excluding hydrogens is 330 g/mol. The van der Waals surface area contributed by atoms with Crippen molar-refractivity contribution in [2.75, 3.05) is 46.9 Å². The molecule has 140 valence electrons. The first-order valence-electron chi connectivity index (χ1n) is 9.31. The third-order valence-electron chi connectivity index (χ3n) is 5.34. The summed E-state index contributed by atoms with van der Waals surface area (Å²) < 4.78 is 12.2. The lowest BCUT2D eigenvalue weighted by molar-refractivity contribution is -0.0878. The number of benzene rings is 1. The van der Waals surface area contributed by atoms with Gasteiger partial charge in [0.1, 0.15) is 5.60 Å². The minimum Gasteiger partial charge on any atom is -0.377 e. The fourth-order valence-corrected chi connectivity index (χ4v) is 4.10. The maximum atomic E-state index is 13.1. The molecule has 2 atom stereocenters. The van der Waals surface area contributed by atoms with E-state index in [-0.39, 0.29) is 17.6 Å². The third kappa shape index (κ3) is 3.49. The Morgan fingerprint density at radius 1 is 1.38 bits per heavy atom. The molecule has 0 saturated carbocycles. The molecule has 2 fully saturated rings. The van der Waals surface area contributed by atoms with E-state index >= 15 is 0 Å². The molecular formula is C20H27N3O3. The number of likely N-dealkylation sites (N-methyl/N-ethyl adjacent to an activating group) is 1. The number of H-pyrrole nitrogens is 1. The summed E-state index contributed by atoms with van der Waals surface area (Å²) in [7, 11) is 4.12. The molecule has 6 heteroatoms. The fraction of sp³-hybridized carbons (Fsp3) is 0.550. The number of amides is 1. The van der Waals surface area contributed by atoms with Crippen LogP contribution in [0.2, 0.25) is 0 Å². The molecule has 3 heterocycles. The van der Waals surface area contributed by atoms with Crippen LogP contribution < -0.4 is 0 Å². The molecule has 1 aromatic heterocycles. The van der Waals surface area contributed by atoms with Gasteiger partial charge >= 0.3 is 0 Å². The van der Waals surface area contributed by atoms with E-state index in [4.69, 9.17) is 9.47 Å². The van der Waals surface area contributed by atoms with E-state index < -0.39 is 0 Å². The predicted molar refractivity (Wildman–Crippen MR) is 100 cm³/mol. The first kappa shape index (κ1) is 17.5. The zero-order valence-electron chi connectivity index (χ0n) is 15.5. The lowest BCUT2D eigenvalue weighted by atomic mass is 9.99. The standard InChI is InChI=1S/C20H27N3O3/c1-22(2)12-17-5-7-20(26-17)13-23(9-10-25-14-20)19(24)16-3-4-18-15(11-16)6-8-21-18/h3-4,6,8,11,17,21H,5,7,9-10,12-14H2,1-2H3/t17-,20-/m1/s1. The van der Waals surface area contributed by atoms with Gasteiger partial charge in [-0.2, -0.15) is 0 Å². The van der Waals surface area contributed by atoms with E-state index in [0.29, 0.717) is 26.3 Å². The second kappa shape index (κ2) is 7.02. The number of fused-ring (bicyclic) bond motifs is 1. The number of ether oxygens (including phenoxy) is 2. The minimum absolute atomic E-state index is 0.0534. The van der Waals surface area contributed by atoms with Crippen LogP contribution in [0.25, 0.3) is 10.9 Å². The monoisotopic (exact) mass is 357 g/mol. The smallest absolute Gasteiger partial charge is 0.254 e. The van der Waals surface area contributed by atoms with Gasteiger partial charge in [-0.15, -0.1) is 0 Å². The molecule has 26 heavy (non-hydrogen) atoms. The Kier molecular flexibility index (Phi) is 4.73. The molecule has 2 aromatic rings. The molecule has 0 unspecified atom stereocenters. The van der Waals surface area contributed by atoms with Crippen LogP contribution in [0.15, 0.2) is 30.5 Å². The Morgan fingerprint density at radius 2 is 2.27 bits per heavy atom. The molecule has 1 aromatic carbocycles. The van der Waals surface area contributed by atoms with E-state index in [0.717, 1.165) is 35.9 Å². The van der Waals surface area contributed by atoms with Crippen molar-refractivity contribution in [2.45, 2.75) is 24.5 Å². The number of carbonyl (C=O) groups excluding carboxylic acids is 1. The van der Waals surface area contributed by atoms with Crippen molar-refractivity contribution in [1.29, 1.82) is 0 Å². The largest absolute Gasteiger partial charge is 0.377 e. The van der Waals surface area contributed by atoms with Crippen molar-refractivity contribution in [2.24, 2.45) is 0 Å². The van der Waals surface area contributed by atoms with Crippen molar-refractivity contribution in [3.05, 3.63) is 36.0 Å². The molecule has 1 amide bonds. The normalized spacial score (nSPS) is 26.7. The van der Waals surface area contributed by atoms with Gasteiger partial charge in [-0.3, -0.25) is 4.79 Å². The second-order valence-corrected chi connectivity index (χ2v) is 7.78. The lowest BCUT2D eigenvalue weighted by Gasteiger charge is -2.32. The highest BCUT2D eigenvalue weighted by molar-refractivity contribution is 5.98. The number of rotatable bonds is 3. The molecule has 2 saturated heterocycles. The summed E-state index contributed by atoms with van der Waals surface area (Å²) in [5.74, 6) is 0.0534. The number of aromatic amines is 1. The van der Waals surface area contributed by atoms with Gasteiger partial charge in [0.05, 0.1) is 25.9 Å². The quantitative estimate of drug-likeness (QED) is 0.914. The Hall–Kier alpha value is -1.89. The number of hydrogen-bond acceptors (Lipinski definition) is 4. The van der Waals surface area contributed by atoms with Crippen molar-refractivity contribution in [3.63, 3.8) is 0 Å². The molecule has 0 bridgehead atoms. The molecule has 4 rings (SSSR count). The van der Waals surface area contributed by atoms with Crippen LogP contribution in [0.1, 0.15) is 23.2 Å². The van der Waals surface area contributed by atoms with E-state index in [1.54, 1.807) is 0 Å². The highest BCUT2D eigenvalue weighted by atomic mass is 16.6. The first-order valence-corrected chi connectivity index (χ1v) is 9.31. The van der Waals surface area contributed by atoms with E-state index in [1.165, 1.54) is 0 Å². The molecule has 2 aliphatic heterocycles. The number of nitrogens with one attached hydrogen (secondary N) is 1. The Balaban J connectivity index is 1.51. The summed E-state index contributed by atoms with van der Waals surface area (Å²) in [6.45, 7) is 3.23. The molecule has 2 aliphatic rings. The van der Waals surface area contributed by atoms with Crippen LogP contribution in [-0.4, -0.2) is 79.3 Å². The van der Waals surface area contributed by atoms with Crippen LogP contribution in [0.4, 0.5) is 0 Å². The second-order valence-electron chi connectivity index (χ2n) is 7.78. The lowest BCUT2D eigenvalue weighted by Crippen LogP contribution is -2.47. The van der Waals surface area contributed by atoms with Gasteiger partial charge in [-0.1, -0.05) is 0 Å². The summed E-state index contributed by atoms with van der Waals surface area (Å²) in [5, 5.41) is 1.06. The van der Waals surface area contributed by atoms with Crippen molar-refractivity contribution >= 4 is 16.8 Å². The average Bonchev–Trinajstić information content (AvgIpc) is 3.17. The molecule has 1 N–H and O–H groups in total. The van der Waals surface area contributed by atoms with Crippen LogP contribution in [0, 0.1) is 0 Å². The van der Waals surface area contributed by atoms with E-state index in [1.807, 2.05) is 35.4 Å². The molecule has 1 spiro atoms. The van der Waals surface area contributed by atoms with Crippen molar-refractivity contribution < 1.29 is 14.3 Å². The first-order chi connectivity index (χ1) is 12.5. The highest BCUT2D eigenvalue weighted by Gasteiger charge is 2.44. The maximum absolute atomic E-state index is 13.1. The van der Waals surface area contributed by atoms with Crippen molar-refractivity contribution in [3.8, 4) is 0 Å². The van der Waals surface area contributed by atoms with Gasteiger partial charge in [0.25, 0.3) is 5.91 Å².